The summed E-state index contributed by atoms with van der Waals surface area (Å²) in [6.07, 6.45) is 0.797. The minimum absolute atomic E-state index is 0.157. The van der Waals surface area contributed by atoms with E-state index in [-0.39, 0.29) is 5.52 Å². The molecule has 2 aromatic rings. The number of fused-ring (bicyclic) bond motifs is 1. The minimum atomic E-state index is -5.02. The van der Waals surface area contributed by atoms with Gasteiger partial charge in [-0.3, -0.25) is 0 Å². The molecule has 2 heterocycles. The van der Waals surface area contributed by atoms with Crippen LogP contribution in [-0.4, -0.2) is 27.0 Å². The maximum Gasteiger partial charge on any atom is 0.511 e. The van der Waals surface area contributed by atoms with Crippen LogP contribution in [0, 0.1) is 0 Å². The molecule has 0 saturated heterocycles. The summed E-state index contributed by atoms with van der Waals surface area (Å²) in [7, 11) is 1.57. The van der Waals surface area contributed by atoms with Gasteiger partial charge in [0.2, 0.25) is 0 Å². The number of hydrogen-bond acceptors (Lipinski definition) is 3. The number of aromatic nitrogens is 4. The van der Waals surface area contributed by atoms with Crippen LogP contribution in [0.25, 0.3) is 11.2 Å². The van der Waals surface area contributed by atoms with Crippen molar-refractivity contribution in [1.82, 2.24) is 20.0 Å². The maximum absolute atomic E-state index is 12.3. The summed E-state index contributed by atoms with van der Waals surface area (Å²) in [5.41, 5.74) is -0.254. The van der Waals surface area contributed by atoms with E-state index in [1.807, 2.05) is 0 Å². The first-order chi connectivity index (χ1) is 6.48. The molecule has 0 spiro atoms. The molecule has 14 heavy (non-hydrogen) atoms. The fourth-order valence-corrected chi connectivity index (χ4v) is 1.12. The predicted molar refractivity (Wildman–Crippen MR) is 45.0 cm³/mol. The molecule has 4 nitrogen and oxygen atoms in total. The van der Waals surface area contributed by atoms with Crippen molar-refractivity contribution in [3.05, 3.63) is 12.3 Å². The first-order valence-electron chi connectivity index (χ1n) is 3.84. The molecule has 0 aromatic carbocycles. The third kappa shape index (κ3) is 1.32. The van der Waals surface area contributed by atoms with Gasteiger partial charge in [0.05, 0.1) is 0 Å². The van der Waals surface area contributed by atoms with Gasteiger partial charge >= 0.3 is 6.98 Å². The molecule has 74 valence electrons. The van der Waals surface area contributed by atoms with Gasteiger partial charge in [-0.1, -0.05) is 16.7 Å². The molecule has 0 aliphatic carbocycles. The lowest BCUT2D eigenvalue weighted by Crippen LogP contribution is -2.34. The van der Waals surface area contributed by atoms with E-state index in [9.17, 15) is 12.9 Å². The highest BCUT2D eigenvalue weighted by Gasteiger charge is 2.26. The molecule has 0 aliphatic rings. The lowest BCUT2D eigenvalue weighted by Gasteiger charge is -2.13. The number of pyridine rings is 1. The number of nitrogens with zero attached hydrogens (tertiary/aromatic N) is 4. The molecular weight excluding hydrogens is 196 g/mol. The van der Waals surface area contributed by atoms with E-state index >= 15 is 0 Å². The van der Waals surface area contributed by atoms with Gasteiger partial charge < -0.3 is 12.9 Å². The van der Waals surface area contributed by atoms with E-state index in [1.54, 1.807) is 7.05 Å². The molecule has 8 heteroatoms. The highest BCUT2D eigenvalue weighted by Crippen LogP contribution is 2.11. The highest BCUT2D eigenvalue weighted by atomic mass is 19.4. The van der Waals surface area contributed by atoms with Crippen molar-refractivity contribution in [3.8, 4) is 0 Å². The van der Waals surface area contributed by atoms with Gasteiger partial charge in [-0.05, 0) is 0 Å². The Hall–Kier alpha value is -1.60. The molecule has 0 atom stereocenters. The van der Waals surface area contributed by atoms with Crippen molar-refractivity contribution in [2.75, 3.05) is 0 Å². The van der Waals surface area contributed by atoms with Crippen LogP contribution in [-0.2, 0) is 7.05 Å². The van der Waals surface area contributed by atoms with Gasteiger partial charge in [0.1, 0.15) is 5.52 Å². The quantitative estimate of drug-likeness (QED) is 0.627. The predicted octanol–water partition coefficient (Wildman–Crippen LogP) is 0.418. The fourth-order valence-electron chi connectivity index (χ4n) is 1.12. The van der Waals surface area contributed by atoms with Gasteiger partial charge in [0, 0.05) is 13.2 Å². The summed E-state index contributed by atoms with van der Waals surface area (Å²) < 4.78 is 38.2. The Morgan fingerprint density at radius 2 is 2.07 bits per heavy atom. The second kappa shape index (κ2) is 2.69. The van der Waals surface area contributed by atoms with E-state index < -0.39 is 12.4 Å². The normalized spacial score (nSPS) is 12.3. The molecule has 2 aromatic heterocycles. The van der Waals surface area contributed by atoms with Gasteiger partial charge in [-0.25, -0.2) is 9.67 Å². The number of rotatable bonds is 1. The molecule has 0 radical (unpaired) electrons. The van der Waals surface area contributed by atoms with Crippen LogP contribution in [0.4, 0.5) is 12.9 Å². The van der Waals surface area contributed by atoms with E-state index in [4.69, 9.17) is 0 Å². The molecular formula is C6H5BF3N4-. The summed E-state index contributed by atoms with van der Waals surface area (Å²) in [6.45, 7) is -5.02. The second-order valence-corrected chi connectivity index (χ2v) is 2.90. The first-order valence-corrected chi connectivity index (χ1v) is 3.84. The summed E-state index contributed by atoms with van der Waals surface area (Å²) in [6, 6.07) is 0.954. The van der Waals surface area contributed by atoms with Crippen molar-refractivity contribution in [2.45, 2.75) is 0 Å². The van der Waals surface area contributed by atoms with Crippen LogP contribution < -0.4 is 5.46 Å². The Morgan fingerprint density at radius 1 is 1.36 bits per heavy atom. The summed E-state index contributed by atoms with van der Waals surface area (Å²) in [4.78, 5) is 3.64. The van der Waals surface area contributed by atoms with Crippen LogP contribution in [0.1, 0.15) is 0 Å². The van der Waals surface area contributed by atoms with Crippen LogP contribution in [0.3, 0.4) is 0 Å². The van der Waals surface area contributed by atoms with Gasteiger partial charge in [0.15, 0.2) is 5.65 Å². The van der Waals surface area contributed by atoms with Crippen LogP contribution in [0.2, 0.25) is 0 Å². The topological polar surface area (TPSA) is 43.6 Å². The van der Waals surface area contributed by atoms with Crippen molar-refractivity contribution >= 4 is 23.6 Å². The SMILES string of the molecule is Cn1nnc2cc([B-](F)(F)F)cnc21. The standard InChI is InChI=1S/C6H5BF3N4/c1-14-6-5(12-13-14)2-4(3-11-6)7(8,9)10/h2-3H,1H3/q-1. The molecule has 2 rings (SSSR count). The van der Waals surface area contributed by atoms with Crippen molar-refractivity contribution in [1.29, 1.82) is 0 Å². The lowest BCUT2D eigenvalue weighted by atomic mass is 9.81. The van der Waals surface area contributed by atoms with Crippen LogP contribution >= 0.6 is 0 Å². The molecule has 0 unspecified atom stereocenters. The average molecular weight is 201 g/mol. The zero-order valence-electron chi connectivity index (χ0n) is 7.15. The molecule has 0 amide bonds. The fraction of sp³-hybridized carbons (Fsp3) is 0.167. The van der Waals surface area contributed by atoms with Crippen molar-refractivity contribution < 1.29 is 12.9 Å². The Kier molecular flexibility index (Phi) is 1.73. The monoisotopic (exact) mass is 201 g/mol. The summed E-state index contributed by atoms with van der Waals surface area (Å²) in [5.74, 6) is 0. The third-order valence-electron chi connectivity index (χ3n) is 1.84. The smallest absolute Gasteiger partial charge is 0.445 e. The Balaban J connectivity index is 2.63. The maximum atomic E-state index is 12.3. The van der Waals surface area contributed by atoms with Crippen LogP contribution in [0.5, 0.6) is 0 Å². The molecule has 0 saturated carbocycles. The minimum Gasteiger partial charge on any atom is -0.445 e. The molecule has 0 fully saturated rings. The second-order valence-electron chi connectivity index (χ2n) is 2.90. The average Bonchev–Trinajstić information content (AvgIpc) is 2.46. The number of aryl methyl sites for hydroxylation is 1. The zero-order chi connectivity index (χ0) is 10.3. The van der Waals surface area contributed by atoms with Gasteiger partial charge in [-0.15, -0.1) is 5.10 Å². The molecule has 0 N–H and O–H groups in total. The number of halogens is 3. The highest BCUT2D eigenvalue weighted by molar-refractivity contribution is 6.73. The molecule has 0 bridgehead atoms. The lowest BCUT2D eigenvalue weighted by molar-refractivity contribution is 0.501. The van der Waals surface area contributed by atoms with Crippen molar-refractivity contribution in [3.63, 3.8) is 0 Å². The van der Waals surface area contributed by atoms with Gasteiger partial charge in [0.25, 0.3) is 0 Å². The van der Waals surface area contributed by atoms with E-state index in [2.05, 4.69) is 15.3 Å². The Labute approximate surface area is 76.8 Å². The Morgan fingerprint density at radius 3 is 2.71 bits per heavy atom. The van der Waals surface area contributed by atoms with Gasteiger partial charge in [-0.2, -0.15) is 0 Å². The number of hydrogen-bond donors (Lipinski definition) is 0. The first kappa shape index (κ1) is 8.98. The van der Waals surface area contributed by atoms with E-state index in [1.165, 1.54) is 4.68 Å². The summed E-state index contributed by atoms with van der Waals surface area (Å²) in [5, 5.41) is 7.12. The Bertz CT molecular complexity index is 477. The van der Waals surface area contributed by atoms with Crippen molar-refractivity contribution in [2.24, 2.45) is 7.05 Å². The van der Waals surface area contributed by atoms with E-state index in [0.717, 1.165) is 12.3 Å². The third-order valence-corrected chi connectivity index (χ3v) is 1.84. The van der Waals surface area contributed by atoms with E-state index in [0.29, 0.717) is 5.65 Å². The largest absolute Gasteiger partial charge is 0.511 e. The molecule has 0 aliphatic heterocycles. The summed E-state index contributed by atoms with van der Waals surface area (Å²) >= 11 is 0. The van der Waals surface area contributed by atoms with Crippen LogP contribution in [0.15, 0.2) is 12.3 Å². The zero-order valence-corrected chi connectivity index (χ0v) is 7.15.